The molecular formula is C15H21N3O. The zero-order chi connectivity index (χ0) is 13.8. The van der Waals surface area contributed by atoms with E-state index in [2.05, 4.69) is 36.3 Å². The molecule has 4 nitrogen and oxygen atoms in total. The van der Waals surface area contributed by atoms with E-state index in [4.69, 9.17) is 4.74 Å². The highest BCUT2D eigenvalue weighted by atomic mass is 16.5. The summed E-state index contributed by atoms with van der Waals surface area (Å²) in [6, 6.07) is 6.46. The predicted octanol–water partition coefficient (Wildman–Crippen LogP) is 2.59. The summed E-state index contributed by atoms with van der Waals surface area (Å²) in [5.74, 6) is 1.95. The van der Waals surface area contributed by atoms with Gasteiger partial charge in [0.05, 0.1) is 13.7 Å². The number of hydrogen-bond donors (Lipinski definition) is 1. The van der Waals surface area contributed by atoms with E-state index < -0.39 is 0 Å². The molecule has 0 bridgehead atoms. The first-order valence-corrected chi connectivity index (χ1v) is 6.46. The number of aromatic nitrogens is 2. The molecule has 4 heteroatoms. The van der Waals surface area contributed by atoms with Crippen molar-refractivity contribution in [1.29, 1.82) is 0 Å². The third-order valence-electron chi connectivity index (χ3n) is 3.34. The molecule has 1 N–H and O–H groups in total. The Morgan fingerprint density at radius 2 is 2.21 bits per heavy atom. The molecule has 0 fully saturated rings. The first-order chi connectivity index (χ1) is 9.11. The maximum atomic E-state index is 5.42. The van der Waals surface area contributed by atoms with Crippen LogP contribution in [0, 0.1) is 6.92 Å². The van der Waals surface area contributed by atoms with Crippen molar-refractivity contribution in [2.24, 2.45) is 7.05 Å². The van der Waals surface area contributed by atoms with E-state index >= 15 is 0 Å². The topological polar surface area (TPSA) is 39.1 Å². The van der Waals surface area contributed by atoms with Crippen molar-refractivity contribution in [2.75, 3.05) is 7.11 Å². The average molecular weight is 259 g/mol. The van der Waals surface area contributed by atoms with Crippen molar-refractivity contribution >= 4 is 0 Å². The van der Waals surface area contributed by atoms with Gasteiger partial charge in [0.15, 0.2) is 0 Å². The Balaban J connectivity index is 2.09. The zero-order valence-corrected chi connectivity index (χ0v) is 12.0. The zero-order valence-electron chi connectivity index (χ0n) is 12.0. The van der Waals surface area contributed by atoms with Crippen LogP contribution in [0.5, 0.6) is 5.75 Å². The van der Waals surface area contributed by atoms with Crippen molar-refractivity contribution in [3.05, 3.63) is 47.5 Å². The minimum Gasteiger partial charge on any atom is -0.496 e. The van der Waals surface area contributed by atoms with Crippen LogP contribution < -0.4 is 10.1 Å². The number of ether oxygens (including phenoxy) is 1. The van der Waals surface area contributed by atoms with Gasteiger partial charge in [-0.15, -0.1) is 0 Å². The third-order valence-corrected chi connectivity index (χ3v) is 3.34. The number of benzene rings is 1. The predicted molar refractivity (Wildman–Crippen MR) is 76.2 cm³/mol. The van der Waals surface area contributed by atoms with Crippen molar-refractivity contribution in [3.63, 3.8) is 0 Å². The van der Waals surface area contributed by atoms with Crippen molar-refractivity contribution in [2.45, 2.75) is 26.4 Å². The Labute approximate surface area is 114 Å². The molecule has 1 aromatic carbocycles. The summed E-state index contributed by atoms with van der Waals surface area (Å²) in [4.78, 5) is 4.31. The van der Waals surface area contributed by atoms with Crippen molar-refractivity contribution < 1.29 is 4.74 Å². The monoisotopic (exact) mass is 259 g/mol. The number of nitrogens with one attached hydrogen (secondary N) is 1. The second-order valence-electron chi connectivity index (χ2n) is 4.80. The van der Waals surface area contributed by atoms with Gasteiger partial charge in [0.1, 0.15) is 11.6 Å². The van der Waals surface area contributed by atoms with Crippen LogP contribution in [-0.4, -0.2) is 16.7 Å². The molecule has 0 radical (unpaired) electrons. The second-order valence-corrected chi connectivity index (χ2v) is 4.80. The highest BCUT2D eigenvalue weighted by Gasteiger charge is 2.12. The van der Waals surface area contributed by atoms with Crippen LogP contribution in [0.25, 0.3) is 0 Å². The maximum Gasteiger partial charge on any atom is 0.123 e. The van der Waals surface area contributed by atoms with Gasteiger partial charge in [-0.1, -0.05) is 17.7 Å². The Morgan fingerprint density at radius 3 is 2.84 bits per heavy atom. The van der Waals surface area contributed by atoms with E-state index in [1.54, 1.807) is 7.11 Å². The molecule has 1 unspecified atom stereocenters. The van der Waals surface area contributed by atoms with Gasteiger partial charge in [0, 0.05) is 31.0 Å². The van der Waals surface area contributed by atoms with Gasteiger partial charge < -0.3 is 14.6 Å². The van der Waals surface area contributed by atoms with Crippen molar-refractivity contribution in [3.8, 4) is 5.75 Å². The van der Waals surface area contributed by atoms with Crippen LogP contribution in [0.4, 0.5) is 0 Å². The van der Waals surface area contributed by atoms with Gasteiger partial charge in [-0.3, -0.25) is 0 Å². The standard InChI is InChI=1S/C15H21N3O/c1-11-5-6-14(19-4)13(9-11)12(2)17-10-15-16-7-8-18(15)3/h5-9,12,17H,10H2,1-4H3. The molecule has 19 heavy (non-hydrogen) atoms. The highest BCUT2D eigenvalue weighted by molar-refractivity contribution is 5.38. The van der Waals surface area contributed by atoms with Crippen LogP contribution in [0.2, 0.25) is 0 Å². The molecule has 0 aliphatic carbocycles. The first-order valence-electron chi connectivity index (χ1n) is 6.46. The van der Waals surface area contributed by atoms with Gasteiger partial charge in [-0.05, 0) is 19.9 Å². The summed E-state index contributed by atoms with van der Waals surface area (Å²) in [7, 11) is 3.71. The van der Waals surface area contributed by atoms with Gasteiger partial charge in [0.2, 0.25) is 0 Å². The molecule has 2 rings (SSSR count). The summed E-state index contributed by atoms with van der Waals surface area (Å²) < 4.78 is 7.44. The van der Waals surface area contributed by atoms with Crippen LogP contribution in [0.15, 0.2) is 30.6 Å². The Kier molecular flexibility index (Phi) is 4.22. The lowest BCUT2D eigenvalue weighted by Crippen LogP contribution is -2.20. The second kappa shape index (κ2) is 5.89. The van der Waals surface area contributed by atoms with Gasteiger partial charge in [0.25, 0.3) is 0 Å². The highest BCUT2D eigenvalue weighted by Crippen LogP contribution is 2.26. The third kappa shape index (κ3) is 3.15. The van der Waals surface area contributed by atoms with Crippen LogP contribution in [0.1, 0.15) is 29.9 Å². The van der Waals surface area contributed by atoms with Crippen LogP contribution in [0.3, 0.4) is 0 Å². The summed E-state index contributed by atoms with van der Waals surface area (Å²) in [6.45, 7) is 4.97. The molecule has 0 saturated heterocycles. The molecule has 102 valence electrons. The van der Waals surface area contributed by atoms with Crippen LogP contribution >= 0.6 is 0 Å². The lowest BCUT2D eigenvalue weighted by atomic mass is 10.0. The molecule has 1 aromatic heterocycles. The number of rotatable bonds is 5. The minimum absolute atomic E-state index is 0.214. The van der Waals surface area contributed by atoms with E-state index in [1.807, 2.05) is 30.1 Å². The van der Waals surface area contributed by atoms with E-state index in [0.29, 0.717) is 0 Å². The molecule has 0 spiro atoms. The van der Waals surface area contributed by atoms with Crippen molar-refractivity contribution in [1.82, 2.24) is 14.9 Å². The number of imidazole rings is 1. The largest absolute Gasteiger partial charge is 0.496 e. The van der Waals surface area contributed by atoms with Gasteiger partial charge in [-0.2, -0.15) is 0 Å². The smallest absolute Gasteiger partial charge is 0.123 e. The normalized spacial score (nSPS) is 12.4. The number of methoxy groups -OCH3 is 1. The van der Waals surface area contributed by atoms with E-state index in [0.717, 1.165) is 18.1 Å². The van der Waals surface area contributed by atoms with Gasteiger partial charge >= 0.3 is 0 Å². The fourth-order valence-corrected chi connectivity index (χ4v) is 2.11. The summed E-state index contributed by atoms with van der Waals surface area (Å²) >= 11 is 0. The SMILES string of the molecule is COc1ccc(C)cc1C(C)NCc1nccn1C. The molecular weight excluding hydrogens is 238 g/mol. The summed E-state index contributed by atoms with van der Waals surface area (Å²) in [6.07, 6.45) is 3.77. The molecule has 0 amide bonds. The van der Waals surface area contributed by atoms with E-state index in [-0.39, 0.29) is 6.04 Å². The average Bonchev–Trinajstić information content (AvgIpc) is 2.81. The number of hydrogen-bond acceptors (Lipinski definition) is 3. The van der Waals surface area contributed by atoms with E-state index in [1.165, 1.54) is 11.1 Å². The summed E-state index contributed by atoms with van der Waals surface area (Å²) in [5, 5.41) is 3.48. The quantitative estimate of drug-likeness (QED) is 0.897. The molecule has 2 aromatic rings. The molecule has 1 atom stereocenters. The molecule has 0 aliphatic heterocycles. The fourth-order valence-electron chi connectivity index (χ4n) is 2.11. The minimum atomic E-state index is 0.214. The Hall–Kier alpha value is -1.81. The molecule has 0 aliphatic rings. The number of nitrogens with zero attached hydrogens (tertiary/aromatic N) is 2. The van der Waals surface area contributed by atoms with E-state index in [9.17, 15) is 0 Å². The Bertz CT molecular complexity index is 548. The lowest BCUT2D eigenvalue weighted by molar-refractivity contribution is 0.400. The fraction of sp³-hybridized carbons (Fsp3) is 0.400. The lowest BCUT2D eigenvalue weighted by Gasteiger charge is -2.18. The summed E-state index contributed by atoms with van der Waals surface area (Å²) in [5.41, 5.74) is 2.41. The first kappa shape index (κ1) is 13.6. The Morgan fingerprint density at radius 1 is 1.42 bits per heavy atom. The number of aryl methyl sites for hydroxylation is 2. The van der Waals surface area contributed by atoms with Gasteiger partial charge in [-0.25, -0.2) is 4.98 Å². The molecule has 0 saturated carbocycles. The molecule has 1 heterocycles. The van der Waals surface area contributed by atoms with Crippen LogP contribution in [-0.2, 0) is 13.6 Å². The maximum absolute atomic E-state index is 5.42.